The normalized spacial score (nSPS) is 18.4. The van der Waals surface area contributed by atoms with Gasteiger partial charge in [-0.1, -0.05) is 42.0 Å². The number of hydrogen-bond donors (Lipinski definition) is 1. The number of hydrogen-bond acceptors (Lipinski definition) is 4. The summed E-state index contributed by atoms with van der Waals surface area (Å²) in [6.07, 6.45) is 6.26. The maximum Gasteiger partial charge on any atom is 0.257 e. The summed E-state index contributed by atoms with van der Waals surface area (Å²) in [7, 11) is 0. The lowest BCUT2D eigenvalue weighted by Gasteiger charge is -2.31. The van der Waals surface area contributed by atoms with Gasteiger partial charge in [-0.3, -0.25) is 9.59 Å². The van der Waals surface area contributed by atoms with E-state index in [0.29, 0.717) is 43.2 Å². The fourth-order valence-electron chi connectivity index (χ4n) is 5.13. The molecule has 2 aliphatic rings. The van der Waals surface area contributed by atoms with E-state index >= 15 is 0 Å². The van der Waals surface area contributed by atoms with Crippen molar-refractivity contribution in [3.05, 3.63) is 71.9 Å². The van der Waals surface area contributed by atoms with Crippen LogP contribution >= 0.6 is 0 Å². The number of nitrogens with zero attached hydrogens (tertiary/aromatic N) is 3. The van der Waals surface area contributed by atoms with Gasteiger partial charge in [0.1, 0.15) is 5.69 Å². The van der Waals surface area contributed by atoms with Gasteiger partial charge in [-0.05, 0) is 56.7 Å². The predicted molar refractivity (Wildman–Crippen MR) is 139 cm³/mol. The molecular formula is C29H34N4O3. The highest BCUT2D eigenvalue weighted by Crippen LogP contribution is 2.28. The van der Waals surface area contributed by atoms with Gasteiger partial charge in [-0.15, -0.1) is 0 Å². The van der Waals surface area contributed by atoms with Crippen LogP contribution < -0.4 is 5.32 Å². The minimum Gasteiger partial charge on any atom is -0.376 e. The quantitative estimate of drug-likeness (QED) is 0.538. The van der Waals surface area contributed by atoms with Gasteiger partial charge in [0.25, 0.3) is 5.91 Å². The molecule has 1 aromatic heterocycles. The monoisotopic (exact) mass is 486 g/mol. The standard InChI is InChI=1S/C29H34N4O3/c1-21-7-5-8-23(17-21)28-26(20-33(31-28)24-9-3-2-4-10-24)29(35)32-14-12-22(13-15-32)18-27(34)30-19-25-11-6-16-36-25/h2-5,7-10,17,20,22,25H,6,11-16,18-19H2,1H3,(H,30,34). The highest BCUT2D eigenvalue weighted by Gasteiger charge is 2.28. The van der Waals surface area contributed by atoms with Crippen molar-refractivity contribution in [2.24, 2.45) is 5.92 Å². The topological polar surface area (TPSA) is 76.5 Å². The zero-order valence-electron chi connectivity index (χ0n) is 20.9. The number of aryl methyl sites for hydroxylation is 1. The van der Waals surface area contributed by atoms with Gasteiger partial charge < -0.3 is 15.0 Å². The van der Waals surface area contributed by atoms with Crippen LogP contribution in [0.3, 0.4) is 0 Å². The summed E-state index contributed by atoms with van der Waals surface area (Å²) in [6.45, 7) is 4.73. The summed E-state index contributed by atoms with van der Waals surface area (Å²) < 4.78 is 7.38. The molecule has 0 aliphatic carbocycles. The van der Waals surface area contributed by atoms with Gasteiger partial charge in [-0.25, -0.2) is 4.68 Å². The van der Waals surface area contributed by atoms with Gasteiger partial charge in [0, 0.05) is 44.4 Å². The Bertz CT molecular complexity index is 1190. The Balaban J connectivity index is 1.26. The molecule has 2 aliphatic heterocycles. The maximum absolute atomic E-state index is 13.7. The van der Waals surface area contributed by atoms with Crippen molar-refractivity contribution >= 4 is 11.8 Å². The van der Waals surface area contributed by atoms with E-state index in [-0.39, 0.29) is 17.9 Å². The van der Waals surface area contributed by atoms with Crippen LogP contribution in [0, 0.1) is 12.8 Å². The first-order valence-electron chi connectivity index (χ1n) is 13.0. The van der Waals surface area contributed by atoms with E-state index in [1.807, 2.05) is 66.6 Å². The van der Waals surface area contributed by atoms with E-state index in [2.05, 4.69) is 11.4 Å². The molecule has 0 spiro atoms. The molecular weight excluding hydrogens is 452 g/mol. The zero-order valence-corrected chi connectivity index (χ0v) is 20.9. The summed E-state index contributed by atoms with van der Waals surface area (Å²) >= 11 is 0. The van der Waals surface area contributed by atoms with E-state index in [0.717, 1.165) is 49.1 Å². The second-order valence-corrected chi connectivity index (χ2v) is 9.92. The van der Waals surface area contributed by atoms with Crippen LogP contribution in [0.4, 0.5) is 0 Å². The average molecular weight is 487 g/mol. The fraction of sp³-hybridized carbons (Fsp3) is 0.414. The van der Waals surface area contributed by atoms with E-state index in [1.165, 1.54) is 0 Å². The van der Waals surface area contributed by atoms with Gasteiger partial charge in [0.05, 0.1) is 17.4 Å². The molecule has 1 N–H and O–H groups in total. The van der Waals surface area contributed by atoms with Crippen LogP contribution in [-0.2, 0) is 9.53 Å². The highest BCUT2D eigenvalue weighted by atomic mass is 16.5. The van der Waals surface area contributed by atoms with Crippen molar-refractivity contribution in [3.63, 3.8) is 0 Å². The molecule has 2 saturated heterocycles. The molecule has 0 saturated carbocycles. The summed E-state index contributed by atoms with van der Waals surface area (Å²) in [6, 6.07) is 18.0. The number of rotatable bonds is 7. The number of nitrogens with one attached hydrogen (secondary N) is 1. The Morgan fingerprint density at radius 3 is 2.58 bits per heavy atom. The van der Waals surface area contributed by atoms with Crippen LogP contribution in [0.5, 0.6) is 0 Å². The number of carbonyl (C=O) groups is 2. The number of aromatic nitrogens is 2. The predicted octanol–water partition coefficient (Wildman–Crippen LogP) is 4.39. The number of carbonyl (C=O) groups excluding carboxylic acids is 2. The van der Waals surface area contributed by atoms with E-state index in [1.54, 1.807) is 4.68 Å². The molecule has 7 nitrogen and oxygen atoms in total. The molecule has 7 heteroatoms. The van der Waals surface area contributed by atoms with E-state index in [4.69, 9.17) is 9.84 Å². The summed E-state index contributed by atoms with van der Waals surface area (Å²) in [4.78, 5) is 28.0. The van der Waals surface area contributed by atoms with Crippen LogP contribution in [0.2, 0.25) is 0 Å². The van der Waals surface area contributed by atoms with Crippen LogP contribution in [0.25, 0.3) is 16.9 Å². The molecule has 3 aromatic rings. The van der Waals surface area contributed by atoms with Crippen molar-refractivity contribution in [1.82, 2.24) is 20.0 Å². The van der Waals surface area contributed by atoms with Crippen LogP contribution in [-0.4, -0.2) is 58.8 Å². The van der Waals surface area contributed by atoms with E-state index < -0.39 is 0 Å². The molecule has 1 atom stereocenters. The Labute approximate surface area is 212 Å². The SMILES string of the molecule is Cc1cccc(-c2nn(-c3ccccc3)cc2C(=O)N2CCC(CC(=O)NCC3CCCO3)CC2)c1. The fourth-order valence-corrected chi connectivity index (χ4v) is 5.13. The Kier molecular flexibility index (Phi) is 7.47. The van der Waals surface area contributed by atoms with Gasteiger partial charge in [-0.2, -0.15) is 5.10 Å². The van der Waals surface area contributed by atoms with Gasteiger partial charge >= 0.3 is 0 Å². The third kappa shape index (κ3) is 5.68. The van der Waals surface area contributed by atoms with E-state index in [9.17, 15) is 9.59 Å². The third-order valence-electron chi connectivity index (χ3n) is 7.18. The minimum atomic E-state index is -0.00466. The van der Waals surface area contributed by atoms with Crippen molar-refractivity contribution < 1.29 is 14.3 Å². The Hall–Kier alpha value is -3.45. The minimum absolute atomic E-state index is 0.00466. The van der Waals surface area contributed by atoms with Crippen LogP contribution in [0.15, 0.2) is 60.8 Å². The number of piperidine rings is 1. The van der Waals surface area contributed by atoms with Gasteiger partial charge in [0.2, 0.25) is 5.91 Å². The molecule has 5 rings (SSSR count). The summed E-state index contributed by atoms with van der Waals surface area (Å²) in [5.41, 5.74) is 4.28. The molecule has 188 valence electrons. The number of ether oxygens (including phenoxy) is 1. The third-order valence-corrected chi connectivity index (χ3v) is 7.18. The lowest BCUT2D eigenvalue weighted by molar-refractivity contribution is -0.122. The first-order valence-corrected chi connectivity index (χ1v) is 13.0. The number of likely N-dealkylation sites (tertiary alicyclic amines) is 1. The molecule has 3 heterocycles. The van der Waals surface area contributed by atoms with Crippen molar-refractivity contribution in [2.75, 3.05) is 26.2 Å². The smallest absolute Gasteiger partial charge is 0.257 e. The second-order valence-electron chi connectivity index (χ2n) is 9.92. The first kappa shape index (κ1) is 24.3. The van der Waals surface area contributed by atoms with Crippen molar-refractivity contribution in [3.8, 4) is 16.9 Å². The molecule has 1 unspecified atom stereocenters. The first-order chi connectivity index (χ1) is 17.6. The van der Waals surface area contributed by atoms with Crippen molar-refractivity contribution in [2.45, 2.75) is 45.1 Å². The largest absolute Gasteiger partial charge is 0.376 e. The zero-order chi connectivity index (χ0) is 24.9. The molecule has 2 amide bonds. The number of amides is 2. The number of para-hydroxylation sites is 1. The average Bonchev–Trinajstić information content (AvgIpc) is 3.59. The number of benzene rings is 2. The summed E-state index contributed by atoms with van der Waals surface area (Å²) in [5.74, 6) is 0.373. The molecule has 0 radical (unpaired) electrons. The highest BCUT2D eigenvalue weighted by molar-refractivity contribution is 6.00. The van der Waals surface area contributed by atoms with Crippen molar-refractivity contribution in [1.29, 1.82) is 0 Å². The second kappa shape index (κ2) is 11.1. The van der Waals surface area contributed by atoms with Crippen LogP contribution in [0.1, 0.15) is 48.0 Å². The molecule has 36 heavy (non-hydrogen) atoms. The summed E-state index contributed by atoms with van der Waals surface area (Å²) in [5, 5.41) is 7.85. The Morgan fingerprint density at radius 1 is 1.06 bits per heavy atom. The molecule has 0 bridgehead atoms. The molecule has 2 aromatic carbocycles. The maximum atomic E-state index is 13.7. The molecule has 2 fully saturated rings. The Morgan fingerprint density at radius 2 is 1.86 bits per heavy atom. The lowest BCUT2D eigenvalue weighted by Crippen LogP contribution is -2.40. The lowest BCUT2D eigenvalue weighted by atomic mass is 9.92. The van der Waals surface area contributed by atoms with Gasteiger partial charge in [0.15, 0.2) is 0 Å².